The molecule has 1 unspecified atom stereocenters. The number of rotatable bonds is 5. The number of aryl methyl sites for hydroxylation is 1. The second-order valence-electron chi connectivity index (χ2n) is 4.40. The molecule has 2 heterocycles. The van der Waals surface area contributed by atoms with Crippen LogP contribution in [0, 0.1) is 0 Å². The molecule has 0 fully saturated rings. The molecular formula is C12H20N4. The fourth-order valence-electron chi connectivity index (χ4n) is 2.08. The number of nitrogens with zero attached hydrogens (tertiary/aromatic N) is 3. The van der Waals surface area contributed by atoms with E-state index >= 15 is 0 Å². The van der Waals surface area contributed by atoms with Crippen molar-refractivity contribution in [2.75, 3.05) is 0 Å². The molecule has 0 aliphatic rings. The first kappa shape index (κ1) is 11.2. The number of H-pyrrole nitrogens is 1. The van der Waals surface area contributed by atoms with Gasteiger partial charge in [-0.15, -0.1) is 0 Å². The molecule has 2 aromatic heterocycles. The summed E-state index contributed by atoms with van der Waals surface area (Å²) < 4.78 is 2.04. The van der Waals surface area contributed by atoms with E-state index in [0.717, 1.165) is 36.3 Å². The van der Waals surface area contributed by atoms with Gasteiger partial charge in [0, 0.05) is 6.42 Å². The van der Waals surface area contributed by atoms with Gasteiger partial charge in [0.1, 0.15) is 11.3 Å². The van der Waals surface area contributed by atoms with Gasteiger partial charge in [-0.2, -0.15) is 5.10 Å². The third kappa shape index (κ3) is 1.96. The number of aromatic amines is 1. The Morgan fingerprint density at radius 2 is 2.19 bits per heavy atom. The minimum absolute atomic E-state index is 0.431. The molecule has 0 saturated heterocycles. The lowest BCUT2D eigenvalue weighted by Crippen LogP contribution is -2.06. The van der Waals surface area contributed by atoms with Gasteiger partial charge in [0.05, 0.1) is 12.2 Å². The summed E-state index contributed by atoms with van der Waals surface area (Å²) in [7, 11) is 0. The zero-order valence-corrected chi connectivity index (χ0v) is 10.3. The average molecular weight is 220 g/mol. The van der Waals surface area contributed by atoms with Crippen LogP contribution in [-0.4, -0.2) is 19.7 Å². The van der Waals surface area contributed by atoms with Gasteiger partial charge in [-0.05, 0) is 19.8 Å². The molecule has 0 aromatic carbocycles. The molecule has 16 heavy (non-hydrogen) atoms. The van der Waals surface area contributed by atoms with E-state index < -0.39 is 0 Å². The van der Waals surface area contributed by atoms with Gasteiger partial charge < -0.3 is 4.98 Å². The lowest BCUT2D eigenvalue weighted by atomic mass is 10.2. The highest BCUT2D eigenvalue weighted by Crippen LogP contribution is 2.19. The van der Waals surface area contributed by atoms with Gasteiger partial charge in [0.25, 0.3) is 0 Å². The molecule has 1 N–H and O–H groups in total. The largest absolute Gasteiger partial charge is 0.339 e. The summed E-state index contributed by atoms with van der Waals surface area (Å²) in [4.78, 5) is 7.93. The molecule has 0 saturated carbocycles. The van der Waals surface area contributed by atoms with E-state index in [2.05, 4.69) is 35.8 Å². The minimum Gasteiger partial charge on any atom is -0.339 e. The number of hydrogen-bond donors (Lipinski definition) is 1. The number of imidazole rings is 1. The molecule has 1 atom stereocenters. The number of aromatic nitrogens is 4. The Morgan fingerprint density at radius 1 is 1.38 bits per heavy atom. The highest BCUT2D eigenvalue weighted by Gasteiger charge is 2.12. The van der Waals surface area contributed by atoms with E-state index in [1.54, 1.807) is 0 Å². The van der Waals surface area contributed by atoms with Crippen molar-refractivity contribution in [1.29, 1.82) is 0 Å². The zero-order valence-electron chi connectivity index (χ0n) is 10.3. The summed E-state index contributed by atoms with van der Waals surface area (Å²) in [5, 5.41) is 4.40. The Hall–Kier alpha value is -1.32. The van der Waals surface area contributed by atoms with E-state index in [4.69, 9.17) is 0 Å². The van der Waals surface area contributed by atoms with Crippen LogP contribution in [0.5, 0.6) is 0 Å². The standard InChI is InChI=1S/C12H20N4/c1-4-6-9(3)16-12-10(8-13-16)14-11(15-12)7-5-2/h8-9H,4-7H2,1-3H3,(H,14,15). The van der Waals surface area contributed by atoms with E-state index in [0.29, 0.717) is 6.04 Å². The summed E-state index contributed by atoms with van der Waals surface area (Å²) in [5.41, 5.74) is 2.07. The third-order valence-electron chi connectivity index (χ3n) is 2.90. The first-order chi connectivity index (χ1) is 7.76. The molecule has 88 valence electrons. The van der Waals surface area contributed by atoms with Crippen LogP contribution in [0.3, 0.4) is 0 Å². The molecule has 2 aromatic rings. The van der Waals surface area contributed by atoms with Crippen LogP contribution < -0.4 is 0 Å². The van der Waals surface area contributed by atoms with Gasteiger partial charge in [-0.3, -0.25) is 0 Å². The highest BCUT2D eigenvalue weighted by molar-refractivity contribution is 5.70. The van der Waals surface area contributed by atoms with Crippen molar-refractivity contribution < 1.29 is 0 Å². The summed E-state index contributed by atoms with van der Waals surface area (Å²) in [6, 6.07) is 0.431. The molecule has 4 nitrogen and oxygen atoms in total. The minimum atomic E-state index is 0.431. The fourth-order valence-corrected chi connectivity index (χ4v) is 2.08. The van der Waals surface area contributed by atoms with Crippen LogP contribution in [-0.2, 0) is 6.42 Å². The first-order valence-corrected chi connectivity index (χ1v) is 6.18. The predicted molar refractivity (Wildman–Crippen MR) is 65.5 cm³/mol. The van der Waals surface area contributed by atoms with Crippen molar-refractivity contribution in [3.63, 3.8) is 0 Å². The maximum Gasteiger partial charge on any atom is 0.176 e. The van der Waals surface area contributed by atoms with Gasteiger partial charge in [0.15, 0.2) is 5.65 Å². The Balaban J connectivity index is 2.31. The van der Waals surface area contributed by atoms with Gasteiger partial charge in [-0.1, -0.05) is 20.3 Å². The van der Waals surface area contributed by atoms with Crippen molar-refractivity contribution in [2.24, 2.45) is 0 Å². The molecular weight excluding hydrogens is 200 g/mol. The lowest BCUT2D eigenvalue weighted by Gasteiger charge is -2.10. The first-order valence-electron chi connectivity index (χ1n) is 6.18. The quantitative estimate of drug-likeness (QED) is 0.841. The number of hydrogen-bond acceptors (Lipinski definition) is 2. The summed E-state index contributed by atoms with van der Waals surface area (Å²) in [6.45, 7) is 6.56. The Labute approximate surface area is 96.1 Å². The highest BCUT2D eigenvalue weighted by atomic mass is 15.3. The maximum atomic E-state index is 4.61. The van der Waals surface area contributed by atoms with Crippen LogP contribution in [0.15, 0.2) is 6.20 Å². The summed E-state index contributed by atoms with van der Waals surface area (Å²) >= 11 is 0. The van der Waals surface area contributed by atoms with Crippen LogP contribution in [0.2, 0.25) is 0 Å². The maximum absolute atomic E-state index is 4.61. The fraction of sp³-hybridized carbons (Fsp3) is 0.667. The van der Waals surface area contributed by atoms with Gasteiger partial charge >= 0.3 is 0 Å². The van der Waals surface area contributed by atoms with Crippen LogP contribution >= 0.6 is 0 Å². The molecule has 0 aliphatic carbocycles. The monoisotopic (exact) mass is 220 g/mol. The zero-order chi connectivity index (χ0) is 11.5. The molecule has 0 radical (unpaired) electrons. The van der Waals surface area contributed by atoms with Crippen molar-refractivity contribution >= 4 is 11.2 Å². The summed E-state index contributed by atoms with van der Waals surface area (Å²) in [6.07, 6.45) is 6.33. The Bertz CT molecular complexity index is 454. The number of nitrogens with one attached hydrogen (secondary N) is 1. The molecule has 0 amide bonds. The normalized spacial score (nSPS) is 13.4. The molecule has 2 rings (SSSR count). The van der Waals surface area contributed by atoms with Crippen LogP contribution in [0.1, 0.15) is 51.9 Å². The number of fused-ring (bicyclic) bond motifs is 1. The third-order valence-corrected chi connectivity index (χ3v) is 2.90. The molecule has 0 spiro atoms. The second-order valence-corrected chi connectivity index (χ2v) is 4.40. The predicted octanol–water partition coefficient (Wildman–Crippen LogP) is 3.07. The lowest BCUT2D eigenvalue weighted by molar-refractivity contribution is 0.465. The van der Waals surface area contributed by atoms with E-state index in [1.807, 2.05) is 10.9 Å². The van der Waals surface area contributed by atoms with E-state index in [-0.39, 0.29) is 0 Å². The molecule has 4 heteroatoms. The van der Waals surface area contributed by atoms with Crippen LogP contribution in [0.4, 0.5) is 0 Å². The average Bonchev–Trinajstić information content (AvgIpc) is 2.77. The van der Waals surface area contributed by atoms with Gasteiger partial charge in [-0.25, -0.2) is 9.67 Å². The molecule has 0 aliphatic heterocycles. The van der Waals surface area contributed by atoms with Gasteiger partial charge in [0.2, 0.25) is 0 Å². The van der Waals surface area contributed by atoms with Crippen molar-refractivity contribution in [3.8, 4) is 0 Å². The van der Waals surface area contributed by atoms with Crippen molar-refractivity contribution in [2.45, 2.75) is 52.5 Å². The Morgan fingerprint density at radius 3 is 2.88 bits per heavy atom. The smallest absolute Gasteiger partial charge is 0.176 e. The van der Waals surface area contributed by atoms with E-state index in [9.17, 15) is 0 Å². The van der Waals surface area contributed by atoms with E-state index in [1.165, 1.54) is 6.42 Å². The Kier molecular flexibility index (Phi) is 3.27. The summed E-state index contributed by atoms with van der Waals surface area (Å²) in [5.74, 6) is 1.08. The second kappa shape index (κ2) is 4.68. The van der Waals surface area contributed by atoms with Crippen LogP contribution in [0.25, 0.3) is 11.2 Å². The van der Waals surface area contributed by atoms with Crippen molar-refractivity contribution in [1.82, 2.24) is 19.7 Å². The molecule has 0 bridgehead atoms. The van der Waals surface area contributed by atoms with Crippen molar-refractivity contribution in [3.05, 3.63) is 12.0 Å². The SMILES string of the molecule is CCCc1nc2c(cnn2C(C)CCC)[nH]1. The topological polar surface area (TPSA) is 46.5 Å².